The van der Waals surface area contributed by atoms with Gasteiger partial charge in [0.1, 0.15) is 42.7 Å². The molecule has 22 heavy (non-hydrogen) atoms. The zero-order chi connectivity index (χ0) is 16.6. The van der Waals surface area contributed by atoms with E-state index >= 15 is 0 Å². The monoisotopic (exact) mass is 326 g/mol. The second kappa shape index (κ2) is 7.01. The minimum atomic E-state index is -1.69. The summed E-state index contributed by atoms with van der Waals surface area (Å²) < 4.78 is 15.3. The van der Waals surface area contributed by atoms with E-state index in [9.17, 15) is 30.6 Å². The molecule has 0 aromatic carbocycles. The van der Waals surface area contributed by atoms with E-state index in [1.807, 2.05) is 0 Å². The van der Waals surface area contributed by atoms with Crippen LogP contribution in [0.15, 0.2) is 0 Å². The largest absolute Gasteiger partial charge is 0.394 e. The van der Waals surface area contributed by atoms with Gasteiger partial charge in [0, 0.05) is 0 Å². The van der Waals surface area contributed by atoms with Crippen LogP contribution in [-0.2, 0) is 14.2 Å². The lowest BCUT2D eigenvalue weighted by Crippen LogP contribution is -2.63. The van der Waals surface area contributed by atoms with E-state index in [2.05, 4.69) is 0 Å². The van der Waals surface area contributed by atoms with Crippen molar-refractivity contribution in [3.8, 4) is 0 Å². The van der Waals surface area contributed by atoms with E-state index in [4.69, 9.17) is 19.3 Å². The molecule has 0 bridgehead atoms. The number of aliphatic hydroxyl groups is 7. The molecule has 2 saturated heterocycles. The molecule has 0 aliphatic carbocycles. The first kappa shape index (κ1) is 17.9. The minimum absolute atomic E-state index is 0.642. The van der Waals surface area contributed by atoms with Crippen LogP contribution in [0.1, 0.15) is 6.92 Å². The van der Waals surface area contributed by atoms with E-state index in [-0.39, 0.29) is 0 Å². The molecule has 0 amide bonds. The molecule has 130 valence electrons. The van der Waals surface area contributed by atoms with Gasteiger partial charge in [-0.15, -0.1) is 0 Å². The molecular formula is C12H22O10. The lowest BCUT2D eigenvalue weighted by molar-refractivity contribution is -0.359. The van der Waals surface area contributed by atoms with E-state index in [0.717, 1.165) is 0 Å². The van der Waals surface area contributed by atoms with Crippen LogP contribution in [0, 0.1) is 0 Å². The number of rotatable bonds is 3. The van der Waals surface area contributed by atoms with E-state index in [1.165, 1.54) is 6.92 Å². The highest BCUT2D eigenvalue weighted by Gasteiger charge is 2.49. The van der Waals surface area contributed by atoms with Gasteiger partial charge in [-0.3, -0.25) is 0 Å². The molecule has 2 heterocycles. The molecule has 0 spiro atoms. The summed E-state index contributed by atoms with van der Waals surface area (Å²) in [5, 5.41) is 67.6. The SMILES string of the molecule is C[C@@H]1O[C@@H](O)[C@@H](O[C@@H]2O[C@H](CO)[C@H](O)[C@H](O)[C@H]2O)[C@H](O)[C@@H]1O. The summed E-state index contributed by atoms with van der Waals surface area (Å²) in [6, 6.07) is 0. The van der Waals surface area contributed by atoms with Crippen LogP contribution < -0.4 is 0 Å². The first-order chi connectivity index (χ1) is 10.3. The molecule has 2 aliphatic rings. The molecule has 2 rings (SSSR count). The Bertz CT molecular complexity index is 366. The van der Waals surface area contributed by atoms with E-state index in [0.29, 0.717) is 0 Å². The lowest BCUT2D eigenvalue weighted by atomic mass is 9.98. The summed E-state index contributed by atoms with van der Waals surface area (Å²) in [7, 11) is 0. The molecule has 7 N–H and O–H groups in total. The highest BCUT2D eigenvalue weighted by Crippen LogP contribution is 2.28. The number of hydrogen-bond acceptors (Lipinski definition) is 10. The molecule has 0 aromatic heterocycles. The Morgan fingerprint density at radius 2 is 1.45 bits per heavy atom. The second-order valence-electron chi connectivity index (χ2n) is 5.51. The summed E-state index contributed by atoms with van der Waals surface area (Å²) >= 11 is 0. The van der Waals surface area contributed by atoms with Crippen molar-refractivity contribution in [2.24, 2.45) is 0 Å². The Morgan fingerprint density at radius 3 is 2.05 bits per heavy atom. The summed E-state index contributed by atoms with van der Waals surface area (Å²) in [6.07, 6.45) is -14.4. The topological polar surface area (TPSA) is 169 Å². The highest BCUT2D eigenvalue weighted by molar-refractivity contribution is 4.92. The predicted octanol–water partition coefficient (Wildman–Crippen LogP) is -4.37. The van der Waals surface area contributed by atoms with E-state index < -0.39 is 68.0 Å². The summed E-state index contributed by atoms with van der Waals surface area (Å²) in [6.45, 7) is 0.803. The summed E-state index contributed by atoms with van der Waals surface area (Å²) in [5.74, 6) is 0. The molecular weight excluding hydrogens is 304 g/mol. The lowest BCUT2D eigenvalue weighted by Gasteiger charge is -2.44. The van der Waals surface area contributed by atoms with Gasteiger partial charge in [-0.1, -0.05) is 0 Å². The van der Waals surface area contributed by atoms with Crippen molar-refractivity contribution in [3.63, 3.8) is 0 Å². The minimum Gasteiger partial charge on any atom is -0.394 e. The van der Waals surface area contributed by atoms with Gasteiger partial charge in [-0.2, -0.15) is 0 Å². The van der Waals surface area contributed by atoms with Gasteiger partial charge in [-0.05, 0) is 6.92 Å². The molecule has 10 heteroatoms. The van der Waals surface area contributed by atoms with Gasteiger partial charge in [0.05, 0.1) is 12.7 Å². The molecule has 10 atom stereocenters. The Hall–Kier alpha value is -0.400. The van der Waals surface area contributed by atoms with Crippen LogP contribution in [0.5, 0.6) is 0 Å². The fraction of sp³-hybridized carbons (Fsp3) is 1.00. The molecule has 2 fully saturated rings. The van der Waals surface area contributed by atoms with E-state index in [1.54, 1.807) is 0 Å². The third-order valence-electron chi connectivity index (χ3n) is 3.94. The Labute approximate surface area is 126 Å². The average Bonchev–Trinajstić information content (AvgIpc) is 2.49. The maximum absolute atomic E-state index is 9.92. The molecule has 0 unspecified atom stereocenters. The Balaban J connectivity index is 2.08. The van der Waals surface area contributed by atoms with Gasteiger partial charge < -0.3 is 50.0 Å². The highest BCUT2D eigenvalue weighted by atomic mass is 16.7. The Morgan fingerprint density at radius 1 is 0.818 bits per heavy atom. The van der Waals surface area contributed by atoms with Crippen LogP contribution >= 0.6 is 0 Å². The van der Waals surface area contributed by atoms with Gasteiger partial charge in [0.25, 0.3) is 0 Å². The number of aliphatic hydroxyl groups excluding tert-OH is 7. The third-order valence-corrected chi connectivity index (χ3v) is 3.94. The standard InChI is InChI=1S/C12H22O10/c1-3-5(14)8(17)10(11(19)20-3)22-12-9(18)7(16)6(15)4(2-13)21-12/h3-19H,2H2,1H3/t3-,4+,5+,6-,7-,8+,9+,10-,11+,12-/m0/s1. The fourth-order valence-corrected chi connectivity index (χ4v) is 2.50. The van der Waals surface area contributed by atoms with Gasteiger partial charge in [0.15, 0.2) is 12.6 Å². The van der Waals surface area contributed by atoms with Crippen LogP contribution in [0.4, 0.5) is 0 Å². The van der Waals surface area contributed by atoms with Gasteiger partial charge in [0.2, 0.25) is 0 Å². The van der Waals surface area contributed by atoms with Crippen molar-refractivity contribution >= 4 is 0 Å². The van der Waals surface area contributed by atoms with Crippen LogP contribution in [0.2, 0.25) is 0 Å². The third kappa shape index (κ3) is 3.26. The van der Waals surface area contributed by atoms with Crippen molar-refractivity contribution < 1.29 is 50.0 Å². The van der Waals surface area contributed by atoms with Gasteiger partial charge >= 0.3 is 0 Å². The van der Waals surface area contributed by atoms with Crippen molar-refractivity contribution in [1.29, 1.82) is 0 Å². The van der Waals surface area contributed by atoms with Crippen molar-refractivity contribution in [3.05, 3.63) is 0 Å². The average molecular weight is 326 g/mol. The van der Waals surface area contributed by atoms with Crippen LogP contribution in [-0.4, -0.2) is 104 Å². The maximum Gasteiger partial charge on any atom is 0.187 e. The zero-order valence-corrected chi connectivity index (χ0v) is 11.8. The van der Waals surface area contributed by atoms with Crippen molar-refractivity contribution in [2.75, 3.05) is 6.61 Å². The fourth-order valence-electron chi connectivity index (χ4n) is 2.50. The molecule has 10 nitrogen and oxygen atoms in total. The first-order valence-electron chi connectivity index (χ1n) is 6.93. The maximum atomic E-state index is 9.92. The predicted molar refractivity (Wildman–Crippen MR) is 67.2 cm³/mol. The van der Waals surface area contributed by atoms with Crippen molar-refractivity contribution in [1.82, 2.24) is 0 Å². The quantitative estimate of drug-likeness (QED) is 0.269. The molecule has 2 aliphatic heterocycles. The zero-order valence-electron chi connectivity index (χ0n) is 11.8. The van der Waals surface area contributed by atoms with Gasteiger partial charge in [-0.25, -0.2) is 0 Å². The summed E-state index contributed by atoms with van der Waals surface area (Å²) in [5.41, 5.74) is 0. The molecule has 0 radical (unpaired) electrons. The first-order valence-corrected chi connectivity index (χ1v) is 6.93. The molecule has 0 aromatic rings. The second-order valence-corrected chi connectivity index (χ2v) is 5.51. The number of ether oxygens (including phenoxy) is 3. The Kier molecular flexibility index (Phi) is 5.72. The van der Waals surface area contributed by atoms with Crippen LogP contribution in [0.3, 0.4) is 0 Å². The summed E-state index contributed by atoms with van der Waals surface area (Å²) in [4.78, 5) is 0. The molecule has 0 saturated carbocycles. The number of hydrogen-bond donors (Lipinski definition) is 7. The smallest absolute Gasteiger partial charge is 0.187 e. The normalized spacial score (nSPS) is 53.5. The van der Waals surface area contributed by atoms with Crippen molar-refractivity contribution in [2.45, 2.75) is 68.3 Å². The van der Waals surface area contributed by atoms with Crippen LogP contribution in [0.25, 0.3) is 0 Å².